The van der Waals surface area contributed by atoms with Gasteiger partial charge >= 0.3 is 0 Å². The fourth-order valence-corrected chi connectivity index (χ4v) is 1.52. The highest BCUT2D eigenvalue weighted by atomic mass is 16.6. The van der Waals surface area contributed by atoms with Gasteiger partial charge in [0.05, 0.1) is 10.5 Å². The predicted octanol–water partition coefficient (Wildman–Crippen LogP) is 1.66. The van der Waals surface area contributed by atoms with E-state index in [4.69, 9.17) is 5.73 Å². The Morgan fingerprint density at radius 3 is 2.47 bits per heavy atom. The number of non-ortho nitro benzene ring substituents is 1. The summed E-state index contributed by atoms with van der Waals surface area (Å²) in [5.74, 6) is -0.281. The van der Waals surface area contributed by atoms with Crippen molar-refractivity contribution in [3.8, 4) is 0 Å². The summed E-state index contributed by atoms with van der Waals surface area (Å²) in [5.41, 5.74) is 5.98. The molecule has 1 rings (SSSR count). The third kappa shape index (κ3) is 2.72. The number of carbonyl (C=O) groups excluding carboxylic acids is 1. The first-order valence-corrected chi connectivity index (χ1v) is 5.34. The molecule has 0 saturated carbocycles. The minimum Gasteiger partial charge on any atom is -0.398 e. The second-order valence-electron chi connectivity index (χ2n) is 3.51. The predicted molar refractivity (Wildman–Crippen MR) is 64.8 cm³/mol. The normalized spacial score (nSPS) is 10.0. The van der Waals surface area contributed by atoms with Gasteiger partial charge in [-0.3, -0.25) is 14.9 Å². The van der Waals surface area contributed by atoms with Crippen molar-refractivity contribution < 1.29 is 9.72 Å². The summed E-state index contributed by atoms with van der Waals surface area (Å²) < 4.78 is 0. The molecule has 0 aliphatic rings. The molecule has 92 valence electrons. The summed E-state index contributed by atoms with van der Waals surface area (Å²) in [6.45, 7) is 4.76. The molecule has 0 aliphatic heterocycles. The van der Waals surface area contributed by atoms with E-state index < -0.39 is 4.92 Å². The van der Waals surface area contributed by atoms with Crippen molar-refractivity contribution in [1.29, 1.82) is 0 Å². The number of hydrogen-bond donors (Lipinski definition) is 1. The van der Waals surface area contributed by atoms with Gasteiger partial charge in [0.1, 0.15) is 0 Å². The molecule has 0 aliphatic carbocycles. The molecule has 17 heavy (non-hydrogen) atoms. The van der Waals surface area contributed by atoms with Gasteiger partial charge in [0.2, 0.25) is 0 Å². The van der Waals surface area contributed by atoms with E-state index >= 15 is 0 Å². The monoisotopic (exact) mass is 237 g/mol. The number of nitro groups is 1. The minimum absolute atomic E-state index is 0.130. The second-order valence-corrected chi connectivity index (χ2v) is 3.51. The number of benzene rings is 1. The first kappa shape index (κ1) is 13.0. The molecule has 0 spiro atoms. The van der Waals surface area contributed by atoms with Gasteiger partial charge in [-0.25, -0.2) is 0 Å². The van der Waals surface area contributed by atoms with Crippen LogP contribution in [0.15, 0.2) is 18.2 Å². The first-order chi connectivity index (χ1) is 8.01. The van der Waals surface area contributed by atoms with E-state index in [9.17, 15) is 14.9 Å². The van der Waals surface area contributed by atoms with Crippen molar-refractivity contribution in [3.63, 3.8) is 0 Å². The summed E-state index contributed by atoms with van der Waals surface area (Å²) in [4.78, 5) is 23.7. The molecule has 0 unspecified atom stereocenters. The molecule has 6 nitrogen and oxygen atoms in total. The molecular formula is C11H15N3O3. The van der Waals surface area contributed by atoms with Crippen LogP contribution in [0.4, 0.5) is 11.4 Å². The van der Waals surface area contributed by atoms with Crippen LogP contribution in [0.25, 0.3) is 0 Å². The number of amides is 1. The van der Waals surface area contributed by atoms with E-state index in [0.29, 0.717) is 13.1 Å². The van der Waals surface area contributed by atoms with Crippen molar-refractivity contribution >= 4 is 17.3 Å². The van der Waals surface area contributed by atoms with E-state index in [2.05, 4.69) is 0 Å². The summed E-state index contributed by atoms with van der Waals surface area (Å²) >= 11 is 0. The maximum atomic E-state index is 12.0. The fraction of sp³-hybridized carbons (Fsp3) is 0.364. The van der Waals surface area contributed by atoms with Crippen molar-refractivity contribution in [1.82, 2.24) is 4.90 Å². The number of nitrogen functional groups attached to an aromatic ring is 1. The fourth-order valence-electron chi connectivity index (χ4n) is 1.52. The average molecular weight is 237 g/mol. The summed E-state index contributed by atoms with van der Waals surface area (Å²) in [6.07, 6.45) is 0. The number of nitrogens with zero attached hydrogens (tertiary/aromatic N) is 2. The Kier molecular flexibility index (Phi) is 4.03. The quantitative estimate of drug-likeness (QED) is 0.490. The number of nitro benzene ring substituents is 1. The van der Waals surface area contributed by atoms with Crippen molar-refractivity contribution in [3.05, 3.63) is 33.9 Å². The lowest BCUT2D eigenvalue weighted by atomic mass is 10.1. The molecule has 0 radical (unpaired) electrons. The molecule has 0 heterocycles. The highest BCUT2D eigenvalue weighted by molar-refractivity contribution is 5.99. The van der Waals surface area contributed by atoms with Crippen LogP contribution in [0.3, 0.4) is 0 Å². The summed E-state index contributed by atoms with van der Waals surface area (Å²) in [6, 6.07) is 3.89. The SMILES string of the molecule is CCN(CC)C(=O)c1cc([N+](=O)[O-])ccc1N. The Morgan fingerprint density at radius 2 is 2.00 bits per heavy atom. The standard InChI is InChI=1S/C11H15N3O3/c1-3-13(4-2)11(15)9-7-8(14(16)17)5-6-10(9)12/h5-7H,3-4,12H2,1-2H3. The van der Waals surface area contributed by atoms with Crippen LogP contribution in [0.2, 0.25) is 0 Å². The van der Waals surface area contributed by atoms with E-state index in [1.165, 1.54) is 18.2 Å². The molecule has 0 saturated heterocycles. The number of carbonyl (C=O) groups is 1. The van der Waals surface area contributed by atoms with Crippen molar-refractivity contribution in [2.24, 2.45) is 0 Å². The van der Waals surface area contributed by atoms with Gasteiger partial charge in [0, 0.05) is 30.9 Å². The maximum absolute atomic E-state index is 12.0. The van der Waals surface area contributed by atoms with Crippen LogP contribution in [0.1, 0.15) is 24.2 Å². The minimum atomic E-state index is -0.543. The highest BCUT2D eigenvalue weighted by Gasteiger charge is 2.18. The Hall–Kier alpha value is -2.11. The van der Waals surface area contributed by atoms with E-state index in [-0.39, 0.29) is 22.8 Å². The molecule has 0 fully saturated rings. The van der Waals surface area contributed by atoms with Crippen molar-refractivity contribution in [2.75, 3.05) is 18.8 Å². The van der Waals surface area contributed by atoms with Gasteiger partial charge in [-0.05, 0) is 19.9 Å². The van der Waals surface area contributed by atoms with Gasteiger partial charge in [-0.15, -0.1) is 0 Å². The van der Waals surface area contributed by atoms with E-state index in [1.54, 1.807) is 4.90 Å². The van der Waals surface area contributed by atoms with Gasteiger partial charge in [-0.1, -0.05) is 0 Å². The van der Waals surface area contributed by atoms with Crippen LogP contribution < -0.4 is 5.73 Å². The van der Waals surface area contributed by atoms with Gasteiger partial charge < -0.3 is 10.6 Å². The molecule has 2 N–H and O–H groups in total. The average Bonchev–Trinajstić information content (AvgIpc) is 2.30. The first-order valence-electron chi connectivity index (χ1n) is 5.34. The Bertz CT molecular complexity index is 442. The summed E-state index contributed by atoms with van der Waals surface area (Å²) in [7, 11) is 0. The van der Waals surface area contributed by atoms with Crippen LogP contribution in [0.5, 0.6) is 0 Å². The molecule has 1 aromatic carbocycles. The Balaban J connectivity index is 3.16. The number of hydrogen-bond acceptors (Lipinski definition) is 4. The molecule has 0 atom stereocenters. The zero-order chi connectivity index (χ0) is 13.0. The van der Waals surface area contributed by atoms with Crippen LogP contribution in [-0.2, 0) is 0 Å². The van der Waals surface area contributed by atoms with Crippen LogP contribution >= 0.6 is 0 Å². The highest BCUT2D eigenvalue weighted by Crippen LogP contribution is 2.21. The van der Waals surface area contributed by atoms with Crippen LogP contribution in [-0.4, -0.2) is 28.8 Å². The lowest BCUT2D eigenvalue weighted by Gasteiger charge is -2.19. The lowest BCUT2D eigenvalue weighted by Crippen LogP contribution is -2.31. The molecule has 0 bridgehead atoms. The number of rotatable bonds is 4. The van der Waals surface area contributed by atoms with Gasteiger partial charge in [0.15, 0.2) is 0 Å². The van der Waals surface area contributed by atoms with Crippen molar-refractivity contribution in [2.45, 2.75) is 13.8 Å². The topological polar surface area (TPSA) is 89.5 Å². The largest absolute Gasteiger partial charge is 0.398 e. The number of nitrogens with two attached hydrogens (primary N) is 1. The smallest absolute Gasteiger partial charge is 0.270 e. The second kappa shape index (κ2) is 5.29. The molecule has 1 amide bonds. The lowest BCUT2D eigenvalue weighted by molar-refractivity contribution is -0.384. The zero-order valence-electron chi connectivity index (χ0n) is 9.84. The number of anilines is 1. The molecule has 6 heteroatoms. The zero-order valence-corrected chi connectivity index (χ0v) is 9.84. The Morgan fingerprint density at radius 1 is 1.41 bits per heavy atom. The third-order valence-corrected chi connectivity index (χ3v) is 2.53. The molecular weight excluding hydrogens is 222 g/mol. The van der Waals surface area contributed by atoms with Gasteiger partial charge in [-0.2, -0.15) is 0 Å². The summed E-state index contributed by atoms with van der Waals surface area (Å²) in [5, 5.41) is 10.6. The maximum Gasteiger partial charge on any atom is 0.270 e. The van der Waals surface area contributed by atoms with Gasteiger partial charge in [0.25, 0.3) is 11.6 Å². The molecule has 0 aromatic heterocycles. The molecule has 1 aromatic rings. The van der Waals surface area contributed by atoms with E-state index in [0.717, 1.165) is 0 Å². The van der Waals surface area contributed by atoms with Crippen LogP contribution in [0, 0.1) is 10.1 Å². The van der Waals surface area contributed by atoms with E-state index in [1.807, 2.05) is 13.8 Å². The Labute approximate surface area is 99.2 Å². The third-order valence-electron chi connectivity index (χ3n) is 2.53.